The number of anilines is 1. The summed E-state index contributed by atoms with van der Waals surface area (Å²) in [7, 11) is 1.72. The molecule has 0 aliphatic carbocycles. The van der Waals surface area contributed by atoms with Crippen LogP contribution in [0.3, 0.4) is 0 Å². The second-order valence-electron chi connectivity index (χ2n) is 5.46. The summed E-state index contributed by atoms with van der Waals surface area (Å²) in [6.07, 6.45) is 0.951. The van der Waals surface area contributed by atoms with Gasteiger partial charge < -0.3 is 10.1 Å². The first-order valence-corrected chi connectivity index (χ1v) is 7.54. The number of benzene rings is 2. The zero-order chi connectivity index (χ0) is 15.4. The molecular formula is C18H22ClNO. The molecule has 0 spiro atoms. The fourth-order valence-corrected chi connectivity index (χ4v) is 2.71. The van der Waals surface area contributed by atoms with Crippen LogP contribution in [0.25, 0.3) is 0 Å². The number of rotatable bonds is 5. The monoisotopic (exact) mass is 303 g/mol. The van der Waals surface area contributed by atoms with Crippen LogP contribution in [0.15, 0.2) is 36.4 Å². The van der Waals surface area contributed by atoms with Crippen molar-refractivity contribution < 1.29 is 4.74 Å². The van der Waals surface area contributed by atoms with Crippen LogP contribution in [0, 0.1) is 13.8 Å². The number of hydrogen-bond acceptors (Lipinski definition) is 2. The van der Waals surface area contributed by atoms with Gasteiger partial charge in [0.1, 0.15) is 5.75 Å². The van der Waals surface area contributed by atoms with Gasteiger partial charge in [-0.15, -0.1) is 0 Å². The number of ether oxygens (including phenoxy) is 1. The molecule has 2 aromatic carbocycles. The van der Waals surface area contributed by atoms with Crippen LogP contribution in [0.2, 0.25) is 5.02 Å². The van der Waals surface area contributed by atoms with Gasteiger partial charge in [-0.25, -0.2) is 0 Å². The molecule has 1 unspecified atom stereocenters. The summed E-state index contributed by atoms with van der Waals surface area (Å²) in [5.74, 6) is 0.957. The first-order valence-electron chi connectivity index (χ1n) is 7.16. The van der Waals surface area contributed by atoms with Gasteiger partial charge in [0.05, 0.1) is 7.11 Å². The summed E-state index contributed by atoms with van der Waals surface area (Å²) >= 11 is 5.92. The van der Waals surface area contributed by atoms with E-state index in [0.717, 1.165) is 34.0 Å². The predicted octanol–water partition coefficient (Wildman–Crippen LogP) is 5.01. The fraction of sp³-hybridized carbons (Fsp3) is 0.333. The highest BCUT2D eigenvalue weighted by molar-refractivity contribution is 6.30. The van der Waals surface area contributed by atoms with Gasteiger partial charge in [-0.05, 0) is 56.5 Å². The molecule has 0 heterocycles. The summed E-state index contributed by atoms with van der Waals surface area (Å²) in [6, 6.07) is 12.5. The SMILES string of the molecule is COc1c(C)ccc(NC(C)Cc2ccc(Cl)cc2)c1C. The number of nitrogens with one attached hydrogen (secondary N) is 1. The van der Waals surface area contributed by atoms with E-state index in [-0.39, 0.29) is 0 Å². The van der Waals surface area contributed by atoms with Gasteiger partial charge in [-0.1, -0.05) is 29.8 Å². The average Bonchev–Trinajstić information content (AvgIpc) is 2.45. The standard InChI is InChI=1S/C18H22ClNO/c1-12-5-10-17(14(3)18(12)21-4)20-13(2)11-15-6-8-16(19)9-7-15/h5-10,13,20H,11H2,1-4H3. The molecule has 112 valence electrons. The molecule has 1 N–H and O–H groups in total. The Bertz CT molecular complexity index is 607. The van der Waals surface area contributed by atoms with Crippen molar-refractivity contribution in [3.8, 4) is 5.75 Å². The number of halogens is 1. The summed E-state index contributed by atoms with van der Waals surface area (Å²) in [6.45, 7) is 6.33. The van der Waals surface area contributed by atoms with Gasteiger partial charge in [-0.2, -0.15) is 0 Å². The molecule has 0 fully saturated rings. The molecule has 21 heavy (non-hydrogen) atoms. The molecule has 1 atom stereocenters. The van der Waals surface area contributed by atoms with Crippen molar-refractivity contribution >= 4 is 17.3 Å². The molecule has 0 bridgehead atoms. The van der Waals surface area contributed by atoms with E-state index in [1.54, 1.807) is 7.11 Å². The number of methoxy groups -OCH3 is 1. The van der Waals surface area contributed by atoms with E-state index in [1.165, 1.54) is 5.56 Å². The van der Waals surface area contributed by atoms with E-state index in [2.05, 4.69) is 50.4 Å². The average molecular weight is 304 g/mol. The van der Waals surface area contributed by atoms with Crippen LogP contribution < -0.4 is 10.1 Å². The third-order valence-corrected chi connectivity index (χ3v) is 3.92. The fourth-order valence-electron chi connectivity index (χ4n) is 2.59. The van der Waals surface area contributed by atoms with Crippen molar-refractivity contribution in [2.45, 2.75) is 33.2 Å². The van der Waals surface area contributed by atoms with Crippen LogP contribution in [-0.2, 0) is 6.42 Å². The Labute approximate surface area is 132 Å². The predicted molar refractivity (Wildman–Crippen MR) is 90.7 cm³/mol. The maximum Gasteiger partial charge on any atom is 0.126 e. The molecule has 0 aliphatic rings. The zero-order valence-electron chi connectivity index (χ0n) is 13.0. The van der Waals surface area contributed by atoms with Crippen LogP contribution in [0.4, 0.5) is 5.69 Å². The molecule has 3 heteroatoms. The molecule has 2 aromatic rings. The van der Waals surface area contributed by atoms with Crippen LogP contribution >= 0.6 is 11.6 Å². The molecule has 0 saturated heterocycles. The van der Waals surface area contributed by atoms with E-state index >= 15 is 0 Å². The van der Waals surface area contributed by atoms with E-state index in [4.69, 9.17) is 16.3 Å². The molecule has 0 aliphatic heterocycles. The van der Waals surface area contributed by atoms with Crippen LogP contribution in [0.5, 0.6) is 5.75 Å². The summed E-state index contributed by atoms with van der Waals surface area (Å²) in [5.41, 5.74) is 4.71. The van der Waals surface area contributed by atoms with Crippen molar-refractivity contribution in [1.29, 1.82) is 0 Å². The summed E-state index contributed by atoms with van der Waals surface area (Å²) < 4.78 is 5.47. The van der Waals surface area contributed by atoms with Crippen molar-refractivity contribution in [3.05, 3.63) is 58.1 Å². The molecule has 0 amide bonds. The van der Waals surface area contributed by atoms with Gasteiger partial charge in [0.15, 0.2) is 0 Å². The highest BCUT2D eigenvalue weighted by atomic mass is 35.5. The van der Waals surface area contributed by atoms with Crippen LogP contribution in [-0.4, -0.2) is 13.2 Å². The minimum Gasteiger partial charge on any atom is -0.496 e. The Morgan fingerprint density at radius 2 is 1.76 bits per heavy atom. The Morgan fingerprint density at radius 3 is 2.38 bits per heavy atom. The lowest BCUT2D eigenvalue weighted by molar-refractivity contribution is 0.409. The second kappa shape index (κ2) is 6.86. The zero-order valence-corrected chi connectivity index (χ0v) is 13.8. The highest BCUT2D eigenvalue weighted by Gasteiger charge is 2.10. The number of hydrogen-bond donors (Lipinski definition) is 1. The minimum absolute atomic E-state index is 0.331. The lowest BCUT2D eigenvalue weighted by Crippen LogP contribution is -2.18. The minimum atomic E-state index is 0.331. The third-order valence-electron chi connectivity index (χ3n) is 3.66. The quantitative estimate of drug-likeness (QED) is 0.838. The first kappa shape index (κ1) is 15.7. The lowest BCUT2D eigenvalue weighted by atomic mass is 10.0. The first-order chi connectivity index (χ1) is 10.0. The largest absolute Gasteiger partial charge is 0.496 e. The van der Waals surface area contributed by atoms with Crippen molar-refractivity contribution in [1.82, 2.24) is 0 Å². The van der Waals surface area contributed by atoms with E-state index < -0.39 is 0 Å². The van der Waals surface area contributed by atoms with Crippen LogP contribution in [0.1, 0.15) is 23.6 Å². The molecule has 0 radical (unpaired) electrons. The van der Waals surface area contributed by atoms with E-state index in [0.29, 0.717) is 6.04 Å². The van der Waals surface area contributed by atoms with Gasteiger partial charge in [0.25, 0.3) is 0 Å². The molecule has 2 rings (SSSR count). The maximum atomic E-state index is 5.92. The van der Waals surface area contributed by atoms with Crippen molar-refractivity contribution in [2.75, 3.05) is 12.4 Å². The van der Waals surface area contributed by atoms with Crippen molar-refractivity contribution in [2.24, 2.45) is 0 Å². The Hall–Kier alpha value is -1.67. The van der Waals surface area contributed by atoms with E-state index in [1.807, 2.05) is 12.1 Å². The smallest absolute Gasteiger partial charge is 0.126 e. The maximum absolute atomic E-state index is 5.92. The lowest BCUT2D eigenvalue weighted by Gasteiger charge is -2.19. The van der Waals surface area contributed by atoms with Gasteiger partial charge >= 0.3 is 0 Å². The molecule has 0 aromatic heterocycles. The van der Waals surface area contributed by atoms with Gasteiger partial charge in [0, 0.05) is 22.3 Å². The van der Waals surface area contributed by atoms with Gasteiger partial charge in [-0.3, -0.25) is 0 Å². The van der Waals surface area contributed by atoms with Crippen molar-refractivity contribution in [3.63, 3.8) is 0 Å². The topological polar surface area (TPSA) is 21.3 Å². The Morgan fingerprint density at radius 1 is 1.10 bits per heavy atom. The molecular weight excluding hydrogens is 282 g/mol. The third kappa shape index (κ3) is 3.92. The number of aryl methyl sites for hydroxylation is 1. The Balaban J connectivity index is 2.09. The van der Waals surface area contributed by atoms with Gasteiger partial charge in [0.2, 0.25) is 0 Å². The second-order valence-corrected chi connectivity index (χ2v) is 5.90. The molecule has 0 saturated carbocycles. The summed E-state index contributed by atoms with van der Waals surface area (Å²) in [4.78, 5) is 0. The molecule has 2 nitrogen and oxygen atoms in total. The Kier molecular flexibility index (Phi) is 5.13. The normalized spacial score (nSPS) is 12.0. The highest BCUT2D eigenvalue weighted by Crippen LogP contribution is 2.29. The van der Waals surface area contributed by atoms with E-state index in [9.17, 15) is 0 Å². The summed E-state index contributed by atoms with van der Waals surface area (Å²) in [5, 5.41) is 4.34.